The van der Waals surface area contributed by atoms with Crippen LogP contribution in [-0.2, 0) is 14.8 Å². The van der Waals surface area contributed by atoms with Crippen molar-refractivity contribution in [2.45, 2.75) is 37.0 Å². The Hall–Kier alpha value is -1.44. The molecule has 0 spiro atoms. The lowest BCUT2D eigenvalue weighted by Gasteiger charge is -2.19. The van der Waals surface area contributed by atoms with Crippen molar-refractivity contribution >= 4 is 21.6 Å². The van der Waals surface area contributed by atoms with Crippen molar-refractivity contribution in [1.29, 1.82) is 0 Å². The average molecular weight is 325 g/mol. The first-order chi connectivity index (χ1) is 10.4. The van der Waals surface area contributed by atoms with Crippen molar-refractivity contribution in [2.75, 3.05) is 25.0 Å². The van der Waals surface area contributed by atoms with E-state index in [0.29, 0.717) is 12.1 Å². The highest BCUT2D eigenvalue weighted by atomic mass is 32.2. The molecule has 0 radical (unpaired) electrons. The molecule has 6 nitrogen and oxygen atoms in total. The molecule has 0 saturated carbocycles. The molecule has 122 valence electrons. The molecule has 1 heterocycles. The second-order valence-corrected chi connectivity index (χ2v) is 7.19. The van der Waals surface area contributed by atoms with Crippen LogP contribution in [0.2, 0.25) is 0 Å². The molecule has 2 rings (SSSR count). The molecule has 0 aliphatic carbocycles. The highest BCUT2D eigenvalue weighted by Gasteiger charge is 2.12. The van der Waals surface area contributed by atoms with E-state index in [4.69, 9.17) is 5.14 Å². The summed E-state index contributed by atoms with van der Waals surface area (Å²) in [6, 6.07) is 5.99. The molecule has 1 aliphatic heterocycles. The molecule has 1 fully saturated rings. The second kappa shape index (κ2) is 7.71. The summed E-state index contributed by atoms with van der Waals surface area (Å²) in [5.74, 6) is -0.115. The van der Waals surface area contributed by atoms with E-state index in [9.17, 15) is 13.2 Å². The summed E-state index contributed by atoms with van der Waals surface area (Å²) in [6.45, 7) is 2.84. The summed E-state index contributed by atoms with van der Waals surface area (Å²) in [7, 11) is -3.75. The Morgan fingerprint density at radius 1 is 1.18 bits per heavy atom. The fourth-order valence-corrected chi connectivity index (χ4v) is 3.15. The van der Waals surface area contributed by atoms with Crippen molar-refractivity contribution in [2.24, 2.45) is 5.14 Å². The van der Waals surface area contributed by atoms with Gasteiger partial charge in [0.2, 0.25) is 15.9 Å². The van der Waals surface area contributed by atoms with Gasteiger partial charge in [-0.05, 0) is 44.1 Å². The topological polar surface area (TPSA) is 92.5 Å². The molecule has 1 amide bonds. The van der Waals surface area contributed by atoms with Gasteiger partial charge in [-0.2, -0.15) is 0 Å². The van der Waals surface area contributed by atoms with Crippen LogP contribution < -0.4 is 10.5 Å². The number of hydrogen-bond acceptors (Lipinski definition) is 4. The van der Waals surface area contributed by atoms with Gasteiger partial charge in [0.15, 0.2) is 0 Å². The number of amides is 1. The summed E-state index contributed by atoms with van der Waals surface area (Å²) < 4.78 is 22.6. The predicted octanol–water partition coefficient (Wildman–Crippen LogP) is 1.54. The first-order valence-electron chi connectivity index (χ1n) is 7.60. The highest BCUT2D eigenvalue weighted by molar-refractivity contribution is 7.89. The van der Waals surface area contributed by atoms with Gasteiger partial charge >= 0.3 is 0 Å². The number of nitrogens with one attached hydrogen (secondary N) is 1. The SMILES string of the molecule is NS(=O)(=O)c1cccc(NC(=O)CCN2CCCCCC2)c1. The lowest BCUT2D eigenvalue weighted by atomic mass is 10.2. The van der Waals surface area contributed by atoms with E-state index in [1.807, 2.05) is 0 Å². The number of carbonyl (C=O) groups is 1. The Bertz CT molecular complexity index is 608. The van der Waals surface area contributed by atoms with Crippen LogP contribution in [0.5, 0.6) is 0 Å². The van der Waals surface area contributed by atoms with Crippen LogP contribution in [0.25, 0.3) is 0 Å². The molecular formula is C15H23N3O3S. The molecule has 1 aliphatic rings. The van der Waals surface area contributed by atoms with E-state index in [0.717, 1.165) is 19.6 Å². The summed E-state index contributed by atoms with van der Waals surface area (Å²) in [6.07, 6.45) is 5.32. The molecule has 22 heavy (non-hydrogen) atoms. The van der Waals surface area contributed by atoms with Crippen LogP contribution >= 0.6 is 0 Å². The fourth-order valence-electron chi connectivity index (χ4n) is 2.59. The molecule has 7 heteroatoms. The first kappa shape index (κ1) is 16.9. The molecular weight excluding hydrogens is 302 g/mol. The molecule has 0 bridgehead atoms. The maximum Gasteiger partial charge on any atom is 0.238 e. The van der Waals surface area contributed by atoms with E-state index >= 15 is 0 Å². The summed E-state index contributed by atoms with van der Waals surface area (Å²) in [5.41, 5.74) is 0.451. The Morgan fingerprint density at radius 2 is 1.86 bits per heavy atom. The van der Waals surface area contributed by atoms with Crippen molar-refractivity contribution in [3.8, 4) is 0 Å². The first-order valence-corrected chi connectivity index (χ1v) is 9.15. The standard InChI is InChI=1S/C15H23N3O3S/c16-22(20,21)14-7-5-6-13(12-14)17-15(19)8-11-18-9-3-1-2-4-10-18/h5-7,12H,1-4,8-11H2,(H,17,19)(H2,16,20,21). The third kappa shape index (κ3) is 5.40. The zero-order valence-electron chi connectivity index (χ0n) is 12.6. The minimum Gasteiger partial charge on any atom is -0.326 e. The molecule has 0 atom stereocenters. The van der Waals surface area contributed by atoms with Crippen LogP contribution in [-0.4, -0.2) is 38.9 Å². The molecule has 1 aromatic rings. The van der Waals surface area contributed by atoms with Gasteiger partial charge in [-0.25, -0.2) is 13.6 Å². The van der Waals surface area contributed by atoms with E-state index in [1.165, 1.54) is 37.8 Å². The van der Waals surface area contributed by atoms with Crippen LogP contribution in [0.15, 0.2) is 29.2 Å². The van der Waals surface area contributed by atoms with Crippen molar-refractivity contribution < 1.29 is 13.2 Å². The van der Waals surface area contributed by atoms with Crippen LogP contribution in [0.1, 0.15) is 32.1 Å². The van der Waals surface area contributed by atoms with E-state index < -0.39 is 10.0 Å². The van der Waals surface area contributed by atoms with Crippen LogP contribution in [0.4, 0.5) is 5.69 Å². The molecule has 3 N–H and O–H groups in total. The average Bonchev–Trinajstić information content (AvgIpc) is 2.73. The summed E-state index contributed by atoms with van der Waals surface area (Å²) in [5, 5.41) is 7.80. The number of benzene rings is 1. The van der Waals surface area contributed by atoms with Crippen molar-refractivity contribution in [3.63, 3.8) is 0 Å². The van der Waals surface area contributed by atoms with Gasteiger partial charge < -0.3 is 10.2 Å². The number of sulfonamides is 1. The van der Waals surface area contributed by atoms with Crippen molar-refractivity contribution in [1.82, 2.24) is 4.90 Å². The fraction of sp³-hybridized carbons (Fsp3) is 0.533. The van der Waals surface area contributed by atoms with Crippen LogP contribution in [0, 0.1) is 0 Å². The van der Waals surface area contributed by atoms with Gasteiger partial charge in [0, 0.05) is 18.7 Å². The predicted molar refractivity (Wildman–Crippen MR) is 86.0 cm³/mol. The van der Waals surface area contributed by atoms with E-state index in [1.54, 1.807) is 12.1 Å². The Kier molecular flexibility index (Phi) is 5.93. The number of nitrogens with zero attached hydrogens (tertiary/aromatic N) is 1. The van der Waals surface area contributed by atoms with E-state index in [-0.39, 0.29) is 10.8 Å². The number of anilines is 1. The molecule has 1 aromatic carbocycles. The number of primary sulfonamides is 1. The van der Waals surface area contributed by atoms with Crippen LogP contribution in [0.3, 0.4) is 0 Å². The quantitative estimate of drug-likeness (QED) is 0.859. The summed E-state index contributed by atoms with van der Waals surface area (Å²) in [4.78, 5) is 14.3. The number of nitrogens with two attached hydrogens (primary N) is 1. The van der Waals surface area contributed by atoms with Gasteiger partial charge in [0.1, 0.15) is 0 Å². The minimum absolute atomic E-state index is 0.00202. The lowest BCUT2D eigenvalue weighted by Crippen LogP contribution is -2.28. The maximum absolute atomic E-state index is 12.0. The van der Waals surface area contributed by atoms with Crippen molar-refractivity contribution in [3.05, 3.63) is 24.3 Å². The Labute approximate surface area is 131 Å². The normalized spacial score (nSPS) is 17.0. The minimum atomic E-state index is -3.75. The molecule has 1 saturated heterocycles. The maximum atomic E-state index is 12.0. The third-order valence-electron chi connectivity index (χ3n) is 3.80. The number of likely N-dealkylation sites (tertiary alicyclic amines) is 1. The van der Waals surface area contributed by atoms with Gasteiger partial charge in [-0.1, -0.05) is 18.9 Å². The second-order valence-electron chi connectivity index (χ2n) is 5.63. The smallest absolute Gasteiger partial charge is 0.238 e. The van der Waals surface area contributed by atoms with Gasteiger partial charge in [-0.3, -0.25) is 4.79 Å². The Morgan fingerprint density at radius 3 is 2.50 bits per heavy atom. The number of carbonyl (C=O) groups excluding carboxylic acids is 1. The number of rotatable bonds is 5. The zero-order valence-corrected chi connectivity index (χ0v) is 13.4. The van der Waals surface area contributed by atoms with Gasteiger partial charge in [0.05, 0.1) is 4.90 Å². The largest absolute Gasteiger partial charge is 0.326 e. The number of hydrogen-bond donors (Lipinski definition) is 2. The Balaban J connectivity index is 1.86. The van der Waals surface area contributed by atoms with Gasteiger partial charge in [0.25, 0.3) is 0 Å². The van der Waals surface area contributed by atoms with Gasteiger partial charge in [-0.15, -0.1) is 0 Å². The third-order valence-corrected chi connectivity index (χ3v) is 4.71. The zero-order chi connectivity index (χ0) is 16.0. The lowest BCUT2D eigenvalue weighted by molar-refractivity contribution is -0.116. The molecule has 0 aromatic heterocycles. The summed E-state index contributed by atoms with van der Waals surface area (Å²) >= 11 is 0. The highest BCUT2D eigenvalue weighted by Crippen LogP contribution is 2.15. The monoisotopic (exact) mass is 325 g/mol. The molecule has 0 unspecified atom stereocenters. The van der Waals surface area contributed by atoms with E-state index in [2.05, 4.69) is 10.2 Å².